The second-order valence-electron chi connectivity index (χ2n) is 4.99. The van der Waals surface area contributed by atoms with E-state index in [1.165, 1.54) is 0 Å². The number of rotatable bonds is 5. The molecule has 2 rings (SSSR count). The first-order chi connectivity index (χ1) is 9.91. The van der Waals surface area contributed by atoms with E-state index in [1.54, 1.807) is 4.90 Å². The Kier molecular flexibility index (Phi) is 5.29. The first-order valence-corrected chi connectivity index (χ1v) is 7.11. The average molecular weight is 324 g/mol. The Balaban J connectivity index is 2.19. The molecule has 1 aliphatic rings. The Morgan fingerprint density at radius 1 is 1.48 bits per heavy atom. The quantitative estimate of drug-likeness (QED) is 0.873. The van der Waals surface area contributed by atoms with Gasteiger partial charge in [-0.05, 0) is 25.5 Å². The van der Waals surface area contributed by atoms with Crippen LogP contribution in [-0.4, -0.2) is 42.4 Å². The number of nitrogens with one attached hydrogen (secondary N) is 1. The first-order valence-electron chi connectivity index (χ1n) is 6.73. The molecule has 1 fully saturated rings. The highest BCUT2D eigenvalue weighted by Gasteiger charge is 2.32. The number of hydrogen-bond donors (Lipinski definition) is 2. The summed E-state index contributed by atoms with van der Waals surface area (Å²) in [6, 6.07) is 1.10. The molecule has 118 valence electrons. The van der Waals surface area contributed by atoms with Crippen LogP contribution in [0.15, 0.2) is 12.3 Å². The molecule has 0 saturated carbocycles. The smallest absolute Gasteiger partial charge is 0.395 e. The lowest BCUT2D eigenvalue weighted by molar-refractivity contribution is -0.137. The number of anilines is 1. The van der Waals surface area contributed by atoms with Crippen molar-refractivity contribution in [2.24, 2.45) is 0 Å². The van der Waals surface area contributed by atoms with Crippen LogP contribution in [0.1, 0.15) is 18.4 Å². The van der Waals surface area contributed by atoms with E-state index >= 15 is 0 Å². The van der Waals surface area contributed by atoms with Gasteiger partial charge in [-0.2, -0.15) is 13.2 Å². The molecule has 2 heterocycles. The number of aliphatic hydroxyl groups is 1. The summed E-state index contributed by atoms with van der Waals surface area (Å²) in [5.74, 6) is 0.271. The highest BCUT2D eigenvalue weighted by Crippen LogP contribution is 2.33. The van der Waals surface area contributed by atoms with Gasteiger partial charge in [-0.1, -0.05) is 11.6 Å². The van der Waals surface area contributed by atoms with Crippen LogP contribution in [0.5, 0.6) is 0 Å². The van der Waals surface area contributed by atoms with Gasteiger partial charge in [0.05, 0.1) is 17.2 Å². The summed E-state index contributed by atoms with van der Waals surface area (Å²) in [5, 5.41) is 12.4. The number of aromatic nitrogens is 1. The lowest BCUT2D eigenvalue weighted by Crippen LogP contribution is -2.39. The number of nitrogens with zero attached hydrogens (tertiary/aromatic N) is 2. The second-order valence-corrected chi connectivity index (χ2v) is 5.40. The van der Waals surface area contributed by atoms with Crippen molar-refractivity contribution in [3.63, 3.8) is 0 Å². The third kappa shape index (κ3) is 4.21. The SMILES string of the molecule is OCCN(CC1CCCN1)c1ncc(C(F)(F)F)cc1Cl. The van der Waals surface area contributed by atoms with E-state index in [1.807, 2.05) is 0 Å². The molecule has 2 N–H and O–H groups in total. The monoisotopic (exact) mass is 323 g/mol. The fourth-order valence-corrected chi connectivity index (χ4v) is 2.69. The van der Waals surface area contributed by atoms with E-state index in [0.29, 0.717) is 6.54 Å². The number of aliphatic hydroxyl groups excluding tert-OH is 1. The van der Waals surface area contributed by atoms with Crippen LogP contribution in [-0.2, 0) is 6.18 Å². The minimum atomic E-state index is -4.47. The fraction of sp³-hybridized carbons (Fsp3) is 0.615. The molecule has 0 aliphatic carbocycles. The normalized spacial score (nSPS) is 19.0. The minimum Gasteiger partial charge on any atom is -0.395 e. The second kappa shape index (κ2) is 6.81. The third-order valence-corrected chi connectivity index (χ3v) is 3.70. The van der Waals surface area contributed by atoms with Gasteiger partial charge in [-0.15, -0.1) is 0 Å². The van der Waals surface area contributed by atoms with Gasteiger partial charge in [0.15, 0.2) is 0 Å². The maximum Gasteiger partial charge on any atom is 0.417 e. The number of alkyl halides is 3. The summed E-state index contributed by atoms with van der Waals surface area (Å²) in [5.41, 5.74) is -0.876. The van der Waals surface area contributed by atoms with E-state index in [4.69, 9.17) is 16.7 Å². The highest BCUT2D eigenvalue weighted by atomic mass is 35.5. The van der Waals surface area contributed by atoms with Crippen LogP contribution in [0.25, 0.3) is 0 Å². The van der Waals surface area contributed by atoms with E-state index in [-0.39, 0.29) is 30.0 Å². The standard InChI is InChI=1S/C13H17ClF3N3O/c14-11-6-9(13(15,16)17)7-19-12(11)20(4-5-21)8-10-2-1-3-18-10/h6-7,10,18,21H,1-5,8H2. The van der Waals surface area contributed by atoms with E-state index in [2.05, 4.69) is 10.3 Å². The van der Waals surface area contributed by atoms with Crippen molar-refractivity contribution in [1.29, 1.82) is 0 Å². The van der Waals surface area contributed by atoms with Crippen molar-refractivity contribution in [2.45, 2.75) is 25.1 Å². The molecule has 1 saturated heterocycles. The molecule has 0 bridgehead atoms. The lowest BCUT2D eigenvalue weighted by Gasteiger charge is -2.27. The Morgan fingerprint density at radius 3 is 2.76 bits per heavy atom. The fourth-order valence-electron chi connectivity index (χ4n) is 2.40. The first kappa shape index (κ1) is 16.3. The zero-order valence-electron chi connectivity index (χ0n) is 11.3. The molecule has 21 heavy (non-hydrogen) atoms. The van der Waals surface area contributed by atoms with Crippen molar-refractivity contribution in [2.75, 3.05) is 31.1 Å². The van der Waals surface area contributed by atoms with E-state index in [0.717, 1.165) is 31.6 Å². The molecule has 1 unspecified atom stereocenters. The number of halogens is 4. The summed E-state index contributed by atoms with van der Waals surface area (Å²) in [6.07, 6.45) is -1.65. The summed E-state index contributed by atoms with van der Waals surface area (Å²) >= 11 is 5.95. The molecule has 1 aromatic heterocycles. The van der Waals surface area contributed by atoms with Crippen LogP contribution in [0.2, 0.25) is 5.02 Å². The van der Waals surface area contributed by atoms with Crippen LogP contribution < -0.4 is 10.2 Å². The molecule has 1 aromatic rings. The molecule has 1 aliphatic heterocycles. The highest BCUT2D eigenvalue weighted by molar-refractivity contribution is 6.33. The maximum absolute atomic E-state index is 12.6. The van der Waals surface area contributed by atoms with Gasteiger partial charge in [0.2, 0.25) is 0 Å². The lowest BCUT2D eigenvalue weighted by atomic mass is 10.2. The molecular weight excluding hydrogens is 307 g/mol. The summed E-state index contributed by atoms with van der Waals surface area (Å²) in [7, 11) is 0. The molecule has 8 heteroatoms. The Labute approximate surface area is 125 Å². The largest absolute Gasteiger partial charge is 0.417 e. The predicted molar refractivity (Wildman–Crippen MR) is 74.6 cm³/mol. The van der Waals surface area contributed by atoms with Crippen molar-refractivity contribution < 1.29 is 18.3 Å². The number of pyridine rings is 1. The van der Waals surface area contributed by atoms with Crippen molar-refractivity contribution in [3.05, 3.63) is 22.8 Å². The topological polar surface area (TPSA) is 48.4 Å². The van der Waals surface area contributed by atoms with Crippen LogP contribution in [0.4, 0.5) is 19.0 Å². The Bertz CT molecular complexity index is 478. The molecule has 0 aromatic carbocycles. The van der Waals surface area contributed by atoms with Gasteiger partial charge >= 0.3 is 6.18 Å². The van der Waals surface area contributed by atoms with Gasteiger partial charge in [-0.3, -0.25) is 0 Å². The van der Waals surface area contributed by atoms with Gasteiger partial charge in [0.1, 0.15) is 5.82 Å². The molecule has 0 spiro atoms. The van der Waals surface area contributed by atoms with Crippen LogP contribution in [0.3, 0.4) is 0 Å². The molecule has 0 radical (unpaired) electrons. The van der Waals surface area contributed by atoms with Crippen molar-refractivity contribution in [1.82, 2.24) is 10.3 Å². The Hall–Kier alpha value is -1.05. The van der Waals surface area contributed by atoms with Gasteiger partial charge < -0.3 is 15.3 Å². The molecular formula is C13H17ClF3N3O. The Morgan fingerprint density at radius 2 is 2.24 bits per heavy atom. The third-order valence-electron chi connectivity index (χ3n) is 3.42. The van der Waals surface area contributed by atoms with Gasteiger partial charge in [-0.25, -0.2) is 4.98 Å². The van der Waals surface area contributed by atoms with E-state index in [9.17, 15) is 13.2 Å². The zero-order valence-corrected chi connectivity index (χ0v) is 12.1. The van der Waals surface area contributed by atoms with E-state index < -0.39 is 11.7 Å². The zero-order chi connectivity index (χ0) is 15.5. The summed E-state index contributed by atoms with van der Waals surface area (Å²) in [4.78, 5) is 5.55. The minimum absolute atomic E-state index is 0.0590. The maximum atomic E-state index is 12.6. The predicted octanol–water partition coefficient (Wildman–Crippen LogP) is 2.30. The molecule has 0 amide bonds. The van der Waals surface area contributed by atoms with Crippen LogP contribution in [0, 0.1) is 0 Å². The van der Waals surface area contributed by atoms with Crippen LogP contribution >= 0.6 is 11.6 Å². The summed E-state index contributed by atoms with van der Waals surface area (Å²) in [6.45, 7) is 1.63. The van der Waals surface area contributed by atoms with Gasteiger partial charge in [0, 0.05) is 25.3 Å². The molecule has 1 atom stereocenters. The average Bonchev–Trinajstić information content (AvgIpc) is 2.90. The summed E-state index contributed by atoms with van der Waals surface area (Å²) < 4.78 is 37.8. The van der Waals surface area contributed by atoms with Crippen molar-refractivity contribution >= 4 is 17.4 Å². The van der Waals surface area contributed by atoms with Gasteiger partial charge in [0.25, 0.3) is 0 Å². The van der Waals surface area contributed by atoms with Crippen molar-refractivity contribution in [3.8, 4) is 0 Å². The number of hydrogen-bond acceptors (Lipinski definition) is 4. The molecule has 4 nitrogen and oxygen atoms in total.